The van der Waals surface area contributed by atoms with Gasteiger partial charge in [0.05, 0.1) is 6.26 Å². The molecule has 2 rings (SSSR count). The Labute approximate surface area is 150 Å². The van der Waals surface area contributed by atoms with Crippen molar-refractivity contribution < 1.29 is 17.9 Å². The summed E-state index contributed by atoms with van der Waals surface area (Å²) in [6.45, 7) is 7.01. The highest BCUT2D eigenvalue weighted by atomic mass is 32.2. The SMILES string of the molecule is CCC[C@@H]1CN(C(=O)COc2ccc(C)c(C)c2)C[C@H]1NS(C)(=O)=O. The highest BCUT2D eigenvalue weighted by Gasteiger charge is 2.36. The van der Waals surface area contributed by atoms with Crippen LogP contribution in [0.4, 0.5) is 0 Å². The van der Waals surface area contributed by atoms with Crippen molar-refractivity contribution >= 4 is 15.9 Å². The number of hydrogen-bond acceptors (Lipinski definition) is 4. The zero-order valence-corrected chi connectivity index (χ0v) is 16.2. The predicted octanol–water partition coefficient (Wildman–Crippen LogP) is 1.86. The van der Waals surface area contributed by atoms with E-state index in [1.165, 1.54) is 5.56 Å². The Morgan fingerprint density at radius 1 is 1.28 bits per heavy atom. The van der Waals surface area contributed by atoms with Crippen LogP contribution in [-0.4, -0.2) is 51.2 Å². The molecular formula is C18H28N2O4S. The number of sulfonamides is 1. The summed E-state index contributed by atoms with van der Waals surface area (Å²) in [6, 6.07) is 5.52. The lowest BCUT2D eigenvalue weighted by molar-refractivity contribution is -0.132. The molecule has 0 unspecified atom stereocenters. The molecule has 140 valence electrons. The number of likely N-dealkylation sites (tertiary alicyclic amines) is 1. The maximum absolute atomic E-state index is 12.5. The van der Waals surface area contributed by atoms with Crippen molar-refractivity contribution in [3.05, 3.63) is 29.3 Å². The maximum Gasteiger partial charge on any atom is 0.260 e. The number of carbonyl (C=O) groups excluding carboxylic acids is 1. The van der Waals surface area contributed by atoms with Gasteiger partial charge >= 0.3 is 0 Å². The van der Waals surface area contributed by atoms with Crippen molar-refractivity contribution in [2.75, 3.05) is 26.0 Å². The molecule has 6 nitrogen and oxygen atoms in total. The molecule has 25 heavy (non-hydrogen) atoms. The van der Waals surface area contributed by atoms with E-state index in [-0.39, 0.29) is 24.5 Å². The molecule has 1 fully saturated rings. The number of benzene rings is 1. The minimum absolute atomic E-state index is 0.0348. The van der Waals surface area contributed by atoms with Crippen LogP contribution in [0.3, 0.4) is 0 Å². The van der Waals surface area contributed by atoms with Crippen LogP contribution in [0.25, 0.3) is 0 Å². The van der Waals surface area contributed by atoms with Gasteiger partial charge < -0.3 is 9.64 Å². The highest BCUT2D eigenvalue weighted by molar-refractivity contribution is 7.88. The summed E-state index contributed by atoms with van der Waals surface area (Å²) in [6.07, 6.45) is 2.99. The maximum atomic E-state index is 12.5. The third kappa shape index (κ3) is 5.71. The molecule has 1 aromatic rings. The van der Waals surface area contributed by atoms with Gasteiger partial charge in [-0.1, -0.05) is 19.4 Å². The van der Waals surface area contributed by atoms with Crippen LogP contribution in [-0.2, 0) is 14.8 Å². The summed E-state index contributed by atoms with van der Waals surface area (Å²) >= 11 is 0. The normalized spacial score (nSPS) is 20.7. The highest BCUT2D eigenvalue weighted by Crippen LogP contribution is 2.23. The smallest absolute Gasteiger partial charge is 0.260 e. The predicted molar refractivity (Wildman–Crippen MR) is 98.2 cm³/mol. The number of nitrogens with one attached hydrogen (secondary N) is 1. The standard InChI is InChI=1S/C18H28N2O4S/c1-5-6-15-10-20(11-17(15)19-25(4,22)23)18(21)12-24-16-8-7-13(2)14(3)9-16/h7-9,15,17,19H,5-6,10-12H2,1-4H3/t15-,17-/m1/s1. The van der Waals surface area contributed by atoms with E-state index >= 15 is 0 Å². The number of amides is 1. The monoisotopic (exact) mass is 368 g/mol. The average molecular weight is 368 g/mol. The topological polar surface area (TPSA) is 75.7 Å². The molecule has 1 N–H and O–H groups in total. The summed E-state index contributed by atoms with van der Waals surface area (Å²) in [5.74, 6) is 0.703. The van der Waals surface area contributed by atoms with Gasteiger partial charge in [0.1, 0.15) is 5.75 Å². The molecule has 0 aromatic heterocycles. The minimum atomic E-state index is -3.29. The second-order valence-corrected chi connectivity index (χ2v) is 8.66. The number of hydrogen-bond donors (Lipinski definition) is 1. The molecule has 2 atom stereocenters. The molecule has 1 amide bonds. The molecule has 0 saturated carbocycles. The number of nitrogens with zero attached hydrogens (tertiary/aromatic N) is 1. The van der Waals surface area contributed by atoms with Crippen molar-refractivity contribution in [1.29, 1.82) is 0 Å². The van der Waals surface area contributed by atoms with Crippen LogP contribution in [0.15, 0.2) is 18.2 Å². The summed E-state index contributed by atoms with van der Waals surface area (Å²) in [5, 5.41) is 0. The number of rotatable bonds is 7. The fraction of sp³-hybridized carbons (Fsp3) is 0.611. The van der Waals surface area contributed by atoms with Gasteiger partial charge in [0.25, 0.3) is 5.91 Å². The fourth-order valence-corrected chi connectivity index (χ4v) is 4.00. The lowest BCUT2D eigenvalue weighted by Gasteiger charge is -2.17. The van der Waals surface area contributed by atoms with Crippen molar-refractivity contribution in [2.24, 2.45) is 5.92 Å². The fourth-order valence-electron chi connectivity index (χ4n) is 3.19. The van der Waals surface area contributed by atoms with Gasteiger partial charge in [-0.05, 0) is 49.4 Å². The Kier molecular flexibility index (Phi) is 6.46. The summed E-state index contributed by atoms with van der Waals surface area (Å²) in [5.41, 5.74) is 2.29. The van der Waals surface area contributed by atoms with E-state index in [9.17, 15) is 13.2 Å². The number of carbonyl (C=O) groups is 1. The molecule has 0 bridgehead atoms. The molecule has 1 heterocycles. The molecule has 1 aliphatic heterocycles. The summed E-state index contributed by atoms with van der Waals surface area (Å²) in [7, 11) is -3.29. The van der Waals surface area contributed by atoms with Crippen molar-refractivity contribution in [3.8, 4) is 5.75 Å². The van der Waals surface area contributed by atoms with Gasteiger partial charge in [-0.25, -0.2) is 13.1 Å². The minimum Gasteiger partial charge on any atom is -0.484 e. The van der Waals surface area contributed by atoms with E-state index in [2.05, 4.69) is 11.6 Å². The van der Waals surface area contributed by atoms with Crippen LogP contribution in [0, 0.1) is 19.8 Å². The van der Waals surface area contributed by atoms with Crippen molar-refractivity contribution in [2.45, 2.75) is 39.7 Å². The van der Waals surface area contributed by atoms with Crippen molar-refractivity contribution in [3.63, 3.8) is 0 Å². The first kappa shape index (κ1) is 19.7. The van der Waals surface area contributed by atoms with Crippen LogP contribution >= 0.6 is 0 Å². The van der Waals surface area contributed by atoms with E-state index in [0.717, 1.165) is 24.7 Å². The van der Waals surface area contributed by atoms with Gasteiger partial charge in [-0.2, -0.15) is 0 Å². The third-order valence-corrected chi connectivity index (χ3v) is 5.39. The Balaban J connectivity index is 1.95. The molecule has 0 aliphatic carbocycles. The summed E-state index contributed by atoms with van der Waals surface area (Å²) < 4.78 is 31.4. The second kappa shape index (κ2) is 8.19. The molecule has 0 radical (unpaired) electrons. The Morgan fingerprint density at radius 2 is 2.00 bits per heavy atom. The van der Waals surface area contributed by atoms with E-state index in [0.29, 0.717) is 18.8 Å². The lowest BCUT2D eigenvalue weighted by atomic mass is 9.99. The van der Waals surface area contributed by atoms with Gasteiger partial charge in [-0.3, -0.25) is 4.79 Å². The van der Waals surface area contributed by atoms with E-state index < -0.39 is 10.0 Å². The third-order valence-electron chi connectivity index (χ3n) is 4.66. The molecule has 7 heteroatoms. The average Bonchev–Trinajstić information content (AvgIpc) is 2.89. The quantitative estimate of drug-likeness (QED) is 0.797. The molecule has 0 spiro atoms. The van der Waals surface area contributed by atoms with E-state index in [1.807, 2.05) is 32.0 Å². The van der Waals surface area contributed by atoms with E-state index in [4.69, 9.17) is 4.74 Å². The van der Waals surface area contributed by atoms with Gasteiger partial charge in [0, 0.05) is 19.1 Å². The second-order valence-electron chi connectivity index (χ2n) is 6.88. The molecule has 1 saturated heterocycles. The van der Waals surface area contributed by atoms with Crippen LogP contribution in [0.5, 0.6) is 5.75 Å². The van der Waals surface area contributed by atoms with Crippen LogP contribution in [0.1, 0.15) is 30.9 Å². The Morgan fingerprint density at radius 3 is 2.60 bits per heavy atom. The number of aryl methyl sites for hydroxylation is 2. The van der Waals surface area contributed by atoms with Crippen LogP contribution in [0.2, 0.25) is 0 Å². The lowest BCUT2D eigenvalue weighted by Crippen LogP contribution is -2.41. The first-order valence-corrected chi connectivity index (χ1v) is 10.5. The van der Waals surface area contributed by atoms with Gasteiger partial charge in [0.2, 0.25) is 10.0 Å². The molecular weight excluding hydrogens is 340 g/mol. The van der Waals surface area contributed by atoms with E-state index in [1.54, 1.807) is 4.90 Å². The Bertz CT molecular complexity index is 718. The van der Waals surface area contributed by atoms with Crippen molar-refractivity contribution in [1.82, 2.24) is 9.62 Å². The zero-order valence-electron chi connectivity index (χ0n) is 15.4. The zero-order chi connectivity index (χ0) is 18.6. The first-order chi connectivity index (χ1) is 11.7. The summed E-state index contributed by atoms with van der Waals surface area (Å²) in [4.78, 5) is 14.2. The number of ether oxygens (including phenoxy) is 1. The Hall–Kier alpha value is -1.60. The van der Waals surface area contributed by atoms with Gasteiger partial charge in [-0.15, -0.1) is 0 Å². The first-order valence-electron chi connectivity index (χ1n) is 8.64. The largest absolute Gasteiger partial charge is 0.484 e. The van der Waals surface area contributed by atoms with Crippen LogP contribution < -0.4 is 9.46 Å². The molecule has 1 aromatic carbocycles. The molecule has 1 aliphatic rings. The van der Waals surface area contributed by atoms with Gasteiger partial charge in [0.15, 0.2) is 6.61 Å².